The van der Waals surface area contributed by atoms with E-state index in [1.807, 2.05) is 13.1 Å². The number of halogens is 2. The smallest absolute Gasteiger partial charge is 0.328 e. The van der Waals surface area contributed by atoms with Crippen molar-refractivity contribution in [2.75, 3.05) is 6.61 Å². The minimum absolute atomic E-state index is 0.518. The van der Waals surface area contributed by atoms with Crippen molar-refractivity contribution in [1.82, 2.24) is 9.97 Å². The number of hydrogen-bond acceptors (Lipinski definition) is 4. The predicted octanol–water partition coefficient (Wildman–Crippen LogP) is 3.36. The normalized spacial score (nSPS) is 10.2. The Morgan fingerprint density at radius 1 is 1.24 bits per heavy atom. The number of benzene rings is 1. The third-order valence-electron chi connectivity index (χ3n) is 2.64. The van der Waals surface area contributed by atoms with Gasteiger partial charge in [0.15, 0.2) is 0 Å². The third kappa shape index (κ3) is 8.78. The van der Waals surface area contributed by atoms with Crippen LogP contribution < -0.4 is 4.74 Å². The number of imidazole rings is 1. The Hall–Kier alpha value is -2.51. The number of aromatic nitrogens is 2. The Labute approximate surface area is 153 Å². The lowest BCUT2D eigenvalue weighted by Crippen LogP contribution is -2.02. The molecule has 0 saturated heterocycles. The van der Waals surface area contributed by atoms with E-state index in [1.54, 1.807) is 18.2 Å². The summed E-state index contributed by atoms with van der Waals surface area (Å²) in [5.41, 5.74) is 0.973. The Morgan fingerprint density at radius 3 is 2.40 bits per heavy atom. The van der Waals surface area contributed by atoms with Crippen LogP contribution in [0.5, 0.6) is 5.75 Å². The van der Waals surface area contributed by atoms with E-state index in [-0.39, 0.29) is 0 Å². The molecule has 7 nitrogen and oxygen atoms in total. The summed E-state index contributed by atoms with van der Waals surface area (Å²) in [4.78, 5) is 26.4. The molecule has 0 atom stereocenters. The van der Waals surface area contributed by atoms with Crippen molar-refractivity contribution < 1.29 is 24.5 Å². The van der Waals surface area contributed by atoms with Crippen molar-refractivity contribution in [3.63, 3.8) is 0 Å². The zero-order valence-electron chi connectivity index (χ0n) is 13.2. The Kier molecular flexibility index (Phi) is 8.52. The lowest BCUT2D eigenvalue weighted by atomic mass is 10.3. The highest BCUT2D eigenvalue weighted by Gasteiger charge is 2.03. The Morgan fingerprint density at radius 2 is 1.88 bits per heavy atom. The minimum Gasteiger partial charge on any atom is -0.492 e. The molecular weight excluding hydrogens is 371 g/mol. The van der Waals surface area contributed by atoms with Crippen LogP contribution in [0.1, 0.15) is 11.5 Å². The average Bonchev–Trinajstić information content (AvgIpc) is 2.95. The molecule has 0 radical (unpaired) electrons. The molecule has 2 rings (SSSR count). The maximum atomic E-state index is 9.55. The minimum atomic E-state index is -1.26. The van der Waals surface area contributed by atoms with Crippen molar-refractivity contribution in [3.8, 4) is 5.75 Å². The number of aryl methyl sites for hydroxylation is 1. The van der Waals surface area contributed by atoms with Gasteiger partial charge in [-0.05, 0) is 19.1 Å². The second-order valence-electron chi connectivity index (χ2n) is 4.66. The molecular formula is C16H16Cl2N2O5. The van der Waals surface area contributed by atoms with Crippen LogP contribution in [0, 0.1) is 6.92 Å². The van der Waals surface area contributed by atoms with E-state index in [9.17, 15) is 9.59 Å². The first-order valence-corrected chi connectivity index (χ1v) is 7.76. The van der Waals surface area contributed by atoms with Crippen molar-refractivity contribution in [2.45, 2.75) is 13.3 Å². The van der Waals surface area contributed by atoms with E-state index in [2.05, 4.69) is 9.97 Å². The summed E-state index contributed by atoms with van der Waals surface area (Å²) in [7, 11) is 0. The summed E-state index contributed by atoms with van der Waals surface area (Å²) in [5.74, 6) is -1.01. The van der Waals surface area contributed by atoms with Crippen LogP contribution in [0.15, 0.2) is 36.5 Å². The molecule has 2 aromatic rings. The highest BCUT2D eigenvalue weighted by atomic mass is 35.5. The van der Waals surface area contributed by atoms with Crippen LogP contribution in [-0.4, -0.2) is 38.7 Å². The lowest BCUT2D eigenvalue weighted by molar-refractivity contribution is -0.134. The number of aromatic amines is 1. The van der Waals surface area contributed by atoms with Gasteiger partial charge in [-0.25, -0.2) is 14.6 Å². The zero-order chi connectivity index (χ0) is 18.8. The molecule has 1 aromatic carbocycles. The number of carboxylic acids is 2. The standard InChI is InChI=1S/C12H12Cl2N2O.C4H4O4/c1-8-15-7-10(16-8)4-5-17-12-6-9(13)2-3-11(12)14;5-3(6)1-2-4(7)8/h2-3,6-7H,4-5H2,1H3,(H,15,16);1-2H,(H,5,6)(H,7,8)/b;2-1-. The first-order valence-electron chi connectivity index (χ1n) is 7.00. The molecule has 0 amide bonds. The number of nitrogens with zero attached hydrogens (tertiary/aromatic N) is 1. The van der Waals surface area contributed by atoms with Gasteiger partial charge in [0.2, 0.25) is 0 Å². The van der Waals surface area contributed by atoms with Gasteiger partial charge >= 0.3 is 11.9 Å². The number of carboxylic acid groups (broad SMARTS) is 2. The fourth-order valence-corrected chi connectivity index (χ4v) is 1.93. The summed E-state index contributed by atoms with van der Waals surface area (Å²) in [6, 6.07) is 5.16. The van der Waals surface area contributed by atoms with E-state index in [0.717, 1.165) is 17.9 Å². The molecule has 0 spiro atoms. The van der Waals surface area contributed by atoms with Crippen LogP contribution in [0.2, 0.25) is 10.0 Å². The van der Waals surface area contributed by atoms with Gasteiger partial charge in [-0.3, -0.25) is 0 Å². The third-order valence-corrected chi connectivity index (χ3v) is 3.18. The topological polar surface area (TPSA) is 113 Å². The zero-order valence-corrected chi connectivity index (χ0v) is 14.7. The van der Waals surface area contributed by atoms with Crippen LogP contribution in [-0.2, 0) is 16.0 Å². The first-order chi connectivity index (χ1) is 11.8. The van der Waals surface area contributed by atoms with Crippen LogP contribution in [0.4, 0.5) is 0 Å². The van der Waals surface area contributed by atoms with E-state index < -0.39 is 11.9 Å². The number of aliphatic carboxylic acids is 2. The summed E-state index contributed by atoms with van der Waals surface area (Å²) in [6.07, 6.45) is 3.72. The van der Waals surface area contributed by atoms with Gasteiger partial charge < -0.3 is 19.9 Å². The largest absolute Gasteiger partial charge is 0.492 e. The fourth-order valence-electron chi connectivity index (χ4n) is 1.59. The van der Waals surface area contributed by atoms with Crippen LogP contribution >= 0.6 is 23.2 Å². The highest BCUT2D eigenvalue weighted by Crippen LogP contribution is 2.27. The molecule has 25 heavy (non-hydrogen) atoms. The molecule has 0 aliphatic heterocycles. The highest BCUT2D eigenvalue weighted by molar-refractivity contribution is 6.34. The van der Waals surface area contributed by atoms with E-state index in [0.29, 0.717) is 34.6 Å². The Balaban J connectivity index is 0.000000333. The molecule has 1 heterocycles. The number of nitrogens with one attached hydrogen (secondary N) is 1. The second kappa shape index (κ2) is 10.4. The SMILES string of the molecule is Cc1nc(CCOc2cc(Cl)ccc2Cl)c[nH]1.O=C(O)/C=C\C(=O)O. The lowest BCUT2D eigenvalue weighted by Gasteiger charge is -2.07. The monoisotopic (exact) mass is 386 g/mol. The van der Waals surface area contributed by atoms with Crippen molar-refractivity contribution >= 4 is 35.1 Å². The van der Waals surface area contributed by atoms with Gasteiger partial charge in [0.05, 0.1) is 17.3 Å². The van der Waals surface area contributed by atoms with Gasteiger partial charge in [0.25, 0.3) is 0 Å². The van der Waals surface area contributed by atoms with Crippen LogP contribution in [0.3, 0.4) is 0 Å². The van der Waals surface area contributed by atoms with Crippen molar-refractivity contribution in [2.24, 2.45) is 0 Å². The molecule has 0 unspecified atom stereocenters. The first kappa shape index (κ1) is 20.5. The van der Waals surface area contributed by atoms with Crippen LogP contribution in [0.25, 0.3) is 0 Å². The van der Waals surface area contributed by atoms with Gasteiger partial charge in [-0.15, -0.1) is 0 Å². The molecule has 3 N–H and O–H groups in total. The Bertz CT molecular complexity index is 743. The summed E-state index contributed by atoms with van der Waals surface area (Å²) in [5, 5.41) is 16.8. The number of H-pyrrole nitrogens is 1. The van der Waals surface area contributed by atoms with Gasteiger partial charge in [-0.1, -0.05) is 23.2 Å². The predicted molar refractivity (Wildman–Crippen MR) is 93.4 cm³/mol. The maximum Gasteiger partial charge on any atom is 0.328 e. The molecule has 0 aliphatic carbocycles. The molecule has 9 heteroatoms. The summed E-state index contributed by atoms with van der Waals surface area (Å²) < 4.78 is 5.56. The molecule has 0 fully saturated rings. The molecule has 0 saturated carbocycles. The quantitative estimate of drug-likeness (QED) is 0.656. The van der Waals surface area contributed by atoms with E-state index in [1.165, 1.54) is 0 Å². The van der Waals surface area contributed by atoms with Gasteiger partial charge in [0, 0.05) is 35.9 Å². The number of rotatable bonds is 6. The molecule has 0 aliphatic rings. The second-order valence-corrected chi connectivity index (χ2v) is 5.50. The van der Waals surface area contributed by atoms with E-state index in [4.69, 9.17) is 38.2 Å². The summed E-state index contributed by atoms with van der Waals surface area (Å²) in [6.45, 7) is 2.43. The van der Waals surface area contributed by atoms with Gasteiger partial charge in [0.1, 0.15) is 11.6 Å². The van der Waals surface area contributed by atoms with Gasteiger partial charge in [-0.2, -0.15) is 0 Å². The fraction of sp³-hybridized carbons (Fsp3) is 0.188. The maximum absolute atomic E-state index is 9.55. The number of ether oxygens (including phenoxy) is 1. The molecule has 1 aromatic heterocycles. The number of hydrogen-bond donors (Lipinski definition) is 3. The van der Waals surface area contributed by atoms with E-state index >= 15 is 0 Å². The molecule has 134 valence electrons. The summed E-state index contributed by atoms with van der Waals surface area (Å²) >= 11 is 11.8. The average molecular weight is 387 g/mol. The van der Waals surface area contributed by atoms with Crippen molar-refractivity contribution in [1.29, 1.82) is 0 Å². The van der Waals surface area contributed by atoms with Crippen molar-refractivity contribution in [3.05, 3.63) is 58.1 Å². The molecule has 0 bridgehead atoms. The number of carbonyl (C=O) groups is 2.